The topological polar surface area (TPSA) is 68.3 Å². The van der Waals surface area contributed by atoms with Gasteiger partial charge in [0, 0.05) is 6.07 Å². The van der Waals surface area contributed by atoms with E-state index in [-0.39, 0.29) is 11.7 Å². The summed E-state index contributed by atoms with van der Waals surface area (Å²) in [4.78, 5) is 10.4. The summed E-state index contributed by atoms with van der Waals surface area (Å²) in [6, 6.07) is 10.0. The molecule has 0 radical (unpaired) electrons. The highest BCUT2D eigenvalue weighted by Gasteiger charge is 2.15. The van der Waals surface area contributed by atoms with Crippen molar-refractivity contribution in [1.29, 1.82) is 0 Å². The van der Waals surface area contributed by atoms with Crippen molar-refractivity contribution in [3.05, 3.63) is 58.5 Å². The molecule has 1 aromatic heterocycles. The molecule has 0 saturated heterocycles. The largest absolute Gasteiger partial charge is 0.467 e. The summed E-state index contributed by atoms with van der Waals surface area (Å²) < 4.78 is 5.24. The summed E-state index contributed by atoms with van der Waals surface area (Å²) >= 11 is 0. The minimum atomic E-state index is -0.406. The Balaban J connectivity index is 2.21. The molecule has 0 unspecified atom stereocenters. The Morgan fingerprint density at radius 1 is 1.29 bits per heavy atom. The van der Waals surface area contributed by atoms with Crippen molar-refractivity contribution in [3.8, 4) is 0 Å². The number of hydrogen-bond acceptors (Lipinski definition) is 4. The predicted octanol–water partition coefficient (Wildman–Crippen LogP) is 3.36. The lowest BCUT2D eigenvalue weighted by molar-refractivity contribution is -0.384. The van der Waals surface area contributed by atoms with Crippen molar-refractivity contribution in [2.75, 3.05) is 5.32 Å². The Bertz CT molecular complexity index is 508. The first-order valence-electron chi connectivity index (χ1n) is 5.22. The Morgan fingerprint density at radius 2 is 2.06 bits per heavy atom. The van der Waals surface area contributed by atoms with Gasteiger partial charge in [-0.2, -0.15) is 0 Å². The van der Waals surface area contributed by atoms with Gasteiger partial charge in [-0.15, -0.1) is 0 Å². The first-order chi connectivity index (χ1) is 8.18. The fourth-order valence-corrected chi connectivity index (χ4v) is 1.60. The summed E-state index contributed by atoms with van der Waals surface area (Å²) in [5.74, 6) is 0.739. The number of rotatable bonds is 4. The number of benzene rings is 1. The number of nitro benzene ring substituents is 1. The third-order valence-electron chi connectivity index (χ3n) is 2.44. The third-order valence-corrected chi connectivity index (χ3v) is 2.44. The van der Waals surface area contributed by atoms with E-state index in [1.54, 1.807) is 30.5 Å². The van der Waals surface area contributed by atoms with Crippen LogP contribution in [0.25, 0.3) is 0 Å². The van der Waals surface area contributed by atoms with Crippen LogP contribution >= 0.6 is 0 Å². The molecule has 1 aromatic carbocycles. The van der Waals surface area contributed by atoms with Crippen LogP contribution in [0.1, 0.15) is 18.7 Å². The van der Waals surface area contributed by atoms with Gasteiger partial charge in [-0.25, -0.2) is 0 Å². The van der Waals surface area contributed by atoms with Crippen LogP contribution in [-0.4, -0.2) is 4.92 Å². The average Bonchev–Trinajstić information content (AvgIpc) is 2.83. The molecule has 88 valence electrons. The summed E-state index contributed by atoms with van der Waals surface area (Å²) in [7, 11) is 0. The third kappa shape index (κ3) is 2.44. The normalized spacial score (nSPS) is 12.1. The minimum absolute atomic E-state index is 0.0610. The number of hydrogen-bond donors (Lipinski definition) is 1. The van der Waals surface area contributed by atoms with E-state index in [2.05, 4.69) is 5.32 Å². The molecule has 1 N–H and O–H groups in total. The van der Waals surface area contributed by atoms with Crippen LogP contribution in [0, 0.1) is 10.1 Å². The quantitative estimate of drug-likeness (QED) is 0.648. The van der Waals surface area contributed by atoms with E-state index in [0.717, 1.165) is 5.76 Å². The van der Waals surface area contributed by atoms with Crippen molar-refractivity contribution in [2.45, 2.75) is 13.0 Å². The Kier molecular flexibility index (Phi) is 3.09. The minimum Gasteiger partial charge on any atom is -0.467 e. The second-order valence-electron chi connectivity index (χ2n) is 3.66. The monoisotopic (exact) mass is 232 g/mol. The summed E-state index contributed by atoms with van der Waals surface area (Å²) in [6.07, 6.45) is 1.58. The van der Waals surface area contributed by atoms with Gasteiger partial charge in [0.15, 0.2) is 0 Å². The van der Waals surface area contributed by atoms with Gasteiger partial charge in [-0.3, -0.25) is 10.1 Å². The lowest BCUT2D eigenvalue weighted by atomic mass is 10.2. The molecule has 5 heteroatoms. The number of furan rings is 1. The van der Waals surface area contributed by atoms with E-state index < -0.39 is 4.92 Å². The molecular formula is C12H12N2O3. The van der Waals surface area contributed by atoms with Gasteiger partial charge in [0.25, 0.3) is 5.69 Å². The zero-order valence-electron chi connectivity index (χ0n) is 9.29. The van der Waals surface area contributed by atoms with E-state index in [0.29, 0.717) is 5.69 Å². The maximum Gasteiger partial charge on any atom is 0.292 e. The van der Waals surface area contributed by atoms with Gasteiger partial charge < -0.3 is 9.73 Å². The van der Waals surface area contributed by atoms with Gasteiger partial charge in [-0.1, -0.05) is 12.1 Å². The van der Waals surface area contributed by atoms with Crippen LogP contribution in [0.2, 0.25) is 0 Å². The molecule has 0 saturated carbocycles. The molecule has 5 nitrogen and oxygen atoms in total. The van der Waals surface area contributed by atoms with Crippen LogP contribution in [0.15, 0.2) is 47.1 Å². The van der Waals surface area contributed by atoms with Gasteiger partial charge in [0.1, 0.15) is 11.4 Å². The molecule has 0 aliphatic rings. The van der Waals surface area contributed by atoms with Crippen molar-refractivity contribution < 1.29 is 9.34 Å². The molecule has 17 heavy (non-hydrogen) atoms. The highest BCUT2D eigenvalue weighted by atomic mass is 16.6. The van der Waals surface area contributed by atoms with Crippen LogP contribution in [-0.2, 0) is 0 Å². The van der Waals surface area contributed by atoms with E-state index >= 15 is 0 Å². The molecule has 2 rings (SSSR count). The summed E-state index contributed by atoms with van der Waals surface area (Å²) in [6.45, 7) is 1.88. The summed E-state index contributed by atoms with van der Waals surface area (Å²) in [5.41, 5.74) is 0.548. The van der Waals surface area contributed by atoms with Crippen LogP contribution in [0.3, 0.4) is 0 Å². The van der Waals surface area contributed by atoms with Gasteiger partial charge in [-0.05, 0) is 25.1 Å². The van der Waals surface area contributed by atoms with Crippen molar-refractivity contribution in [2.24, 2.45) is 0 Å². The molecule has 0 fully saturated rings. The number of nitro groups is 1. The second kappa shape index (κ2) is 4.69. The molecule has 0 bridgehead atoms. The molecular weight excluding hydrogens is 220 g/mol. The Hall–Kier alpha value is -2.30. The van der Waals surface area contributed by atoms with Crippen molar-refractivity contribution in [3.63, 3.8) is 0 Å². The van der Waals surface area contributed by atoms with Crippen LogP contribution in [0.5, 0.6) is 0 Å². The molecule has 1 heterocycles. The van der Waals surface area contributed by atoms with Crippen LogP contribution in [0.4, 0.5) is 11.4 Å². The van der Waals surface area contributed by atoms with E-state index in [1.807, 2.05) is 13.0 Å². The highest BCUT2D eigenvalue weighted by molar-refractivity contribution is 5.61. The first kappa shape index (κ1) is 11.2. The molecule has 0 amide bonds. The Morgan fingerprint density at radius 3 is 2.71 bits per heavy atom. The summed E-state index contributed by atoms with van der Waals surface area (Å²) in [5, 5.41) is 13.9. The molecule has 0 aliphatic heterocycles. The van der Waals surface area contributed by atoms with Gasteiger partial charge in [0.2, 0.25) is 0 Å². The van der Waals surface area contributed by atoms with Gasteiger partial charge >= 0.3 is 0 Å². The van der Waals surface area contributed by atoms with E-state index in [9.17, 15) is 10.1 Å². The average molecular weight is 232 g/mol. The van der Waals surface area contributed by atoms with Crippen molar-refractivity contribution in [1.82, 2.24) is 0 Å². The lowest BCUT2D eigenvalue weighted by Gasteiger charge is -2.12. The Labute approximate surface area is 98.2 Å². The second-order valence-corrected chi connectivity index (χ2v) is 3.66. The zero-order chi connectivity index (χ0) is 12.3. The van der Waals surface area contributed by atoms with E-state index in [4.69, 9.17) is 4.42 Å². The fraction of sp³-hybridized carbons (Fsp3) is 0.167. The SMILES string of the molecule is C[C@H](Nc1ccccc1[N+](=O)[O-])c1ccco1. The number of nitrogens with one attached hydrogen (secondary N) is 1. The van der Waals surface area contributed by atoms with Crippen LogP contribution < -0.4 is 5.32 Å². The number of nitrogens with zero attached hydrogens (tertiary/aromatic N) is 1. The maximum absolute atomic E-state index is 10.8. The fourth-order valence-electron chi connectivity index (χ4n) is 1.60. The highest BCUT2D eigenvalue weighted by Crippen LogP contribution is 2.27. The zero-order valence-corrected chi connectivity index (χ0v) is 9.29. The standard InChI is InChI=1S/C12H12N2O3/c1-9(12-7-4-8-17-12)13-10-5-2-3-6-11(10)14(15)16/h2-9,13H,1H3/t9-/m0/s1. The van der Waals surface area contributed by atoms with Crippen molar-refractivity contribution >= 4 is 11.4 Å². The van der Waals surface area contributed by atoms with Gasteiger partial charge in [0.05, 0.1) is 17.2 Å². The lowest BCUT2D eigenvalue weighted by Crippen LogP contribution is -2.07. The molecule has 0 spiro atoms. The predicted molar refractivity (Wildman–Crippen MR) is 63.8 cm³/mol. The smallest absolute Gasteiger partial charge is 0.292 e. The van der Waals surface area contributed by atoms with E-state index in [1.165, 1.54) is 6.07 Å². The number of para-hydroxylation sites is 2. The maximum atomic E-state index is 10.8. The molecule has 2 aromatic rings. The molecule has 1 atom stereocenters. The number of anilines is 1. The molecule has 0 aliphatic carbocycles. The first-order valence-corrected chi connectivity index (χ1v) is 5.22.